The van der Waals surface area contributed by atoms with Crippen LogP contribution in [-0.4, -0.2) is 59.3 Å². The first kappa shape index (κ1) is 17.4. The third-order valence-corrected chi connectivity index (χ3v) is 4.65. The molecule has 25 heavy (non-hydrogen) atoms. The number of likely N-dealkylation sites (N-methyl/N-ethyl adjacent to an activating group) is 1. The molecule has 0 aliphatic carbocycles. The Labute approximate surface area is 150 Å². The molecule has 8 heteroatoms. The van der Waals surface area contributed by atoms with E-state index in [1.54, 1.807) is 41.3 Å². The Hall–Kier alpha value is -2.38. The molecule has 7 nitrogen and oxygen atoms in total. The molecule has 1 fully saturated rings. The molecule has 132 valence electrons. The quantitative estimate of drug-likeness (QED) is 0.834. The first-order chi connectivity index (χ1) is 12.0. The van der Waals surface area contributed by atoms with Gasteiger partial charge >= 0.3 is 5.97 Å². The average molecular weight is 363 g/mol. The lowest BCUT2D eigenvalue weighted by Gasteiger charge is -2.15. The Bertz CT molecular complexity index is 778. The molecule has 0 spiro atoms. The number of methoxy groups -OCH3 is 1. The van der Waals surface area contributed by atoms with E-state index in [0.717, 1.165) is 5.69 Å². The number of hydrogen-bond donors (Lipinski definition) is 1. The molecule has 1 saturated heterocycles. The molecule has 1 aliphatic rings. The number of amides is 1. The van der Waals surface area contributed by atoms with Crippen molar-refractivity contribution < 1.29 is 14.3 Å². The molecular weight excluding hydrogens is 344 g/mol. The minimum atomic E-state index is -0.346. The van der Waals surface area contributed by atoms with Crippen molar-refractivity contribution in [1.29, 1.82) is 0 Å². The molecule has 1 aromatic carbocycles. The maximum absolute atomic E-state index is 12.6. The highest BCUT2D eigenvalue weighted by Crippen LogP contribution is 2.22. The van der Waals surface area contributed by atoms with Gasteiger partial charge in [0.2, 0.25) is 0 Å². The van der Waals surface area contributed by atoms with Gasteiger partial charge in [0.15, 0.2) is 0 Å². The number of rotatable bonds is 4. The molecule has 1 N–H and O–H groups in total. The molecule has 2 atom stereocenters. The molecule has 1 aromatic heterocycles. The summed E-state index contributed by atoms with van der Waals surface area (Å²) in [6.45, 7) is 0.571. The number of nitrogens with one attached hydrogen (secondary N) is 1. The van der Waals surface area contributed by atoms with Crippen LogP contribution in [0.1, 0.15) is 16.8 Å². The number of nitrogens with zero attached hydrogens (tertiary/aromatic N) is 3. The van der Waals surface area contributed by atoms with Crippen LogP contribution in [0.25, 0.3) is 5.69 Å². The SMILES string of the molecule is COC(=O)[C@@H]1C[C@@H](NC(=O)c2cc(-n3cccn3)ccc2Cl)CN1C. The van der Waals surface area contributed by atoms with E-state index in [9.17, 15) is 9.59 Å². The predicted octanol–water partition coefficient (Wildman–Crippen LogP) is 1.50. The van der Waals surface area contributed by atoms with Gasteiger partial charge < -0.3 is 10.1 Å². The van der Waals surface area contributed by atoms with Gasteiger partial charge in [-0.2, -0.15) is 5.10 Å². The summed E-state index contributed by atoms with van der Waals surface area (Å²) in [5.74, 6) is -0.569. The van der Waals surface area contributed by atoms with Crippen molar-refractivity contribution in [2.75, 3.05) is 20.7 Å². The summed E-state index contributed by atoms with van der Waals surface area (Å²) in [7, 11) is 3.20. The molecular formula is C17H19ClN4O3. The number of carbonyl (C=O) groups is 2. The lowest BCUT2D eigenvalue weighted by atomic mass is 10.1. The molecule has 0 saturated carbocycles. The van der Waals surface area contributed by atoms with Gasteiger partial charge in [0.1, 0.15) is 6.04 Å². The first-order valence-electron chi connectivity index (χ1n) is 7.88. The Kier molecular flexibility index (Phi) is 5.06. The number of esters is 1. The van der Waals surface area contributed by atoms with Crippen molar-refractivity contribution >= 4 is 23.5 Å². The molecule has 2 heterocycles. The summed E-state index contributed by atoms with van der Waals surface area (Å²) in [6, 6.07) is 6.47. The summed E-state index contributed by atoms with van der Waals surface area (Å²) in [4.78, 5) is 26.3. The standard InChI is InChI=1S/C17H19ClN4O3/c1-21-10-11(8-15(21)17(24)25-2)20-16(23)13-9-12(4-5-14(13)18)22-7-3-6-19-22/h3-7,9,11,15H,8,10H2,1-2H3,(H,20,23)/t11-,15+/m1/s1. The van der Waals surface area contributed by atoms with Gasteiger partial charge in [-0.3, -0.25) is 14.5 Å². The number of ether oxygens (including phenoxy) is 1. The predicted molar refractivity (Wildman–Crippen MR) is 92.9 cm³/mol. The van der Waals surface area contributed by atoms with Crippen LogP contribution in [0, 0.1) is 0 Å². The Morgan fingerprint density at radius 2 is 2.20 bits per heavy atom. The largest absolute Gasteiger partial charge is 0.468 e. The van der Waals surface area contributed by atoms with Gasteiger partial charge in [-0.15, -0.1) is 0 Å². The minimum Gasteiger partial charge on any atom is -0.468 e. The van der Waals surface area contributed by atoms with Crippen molar-refractivity contribution in [2.45, 2.75) is 18.5 Å². The van der Waals surface area contributed by atoms with Crippen molar-refractivity contribution in [3.05, 3.63) is 47.2 Å². The second kappa shape index (κ2) is 7.25. The van der Waals surface area contributed by atoms with Crippen molar-refractivity contribution in [1.82, 2.24) is 20.0 Å². The van der Waals surface area contributed by atoms with Crippen LogP contribution < -0.4 is 5.32 Å². The lowest BCUT2D eigenvalue weighted by Crippen LogP contribution is -2.36. The summed E-state index contributed by atoms with van der Waals surface area (Å²) >= 11 is 6.19. The molecule has 2 aromatic rings. The fraction of sp³-hybridized carbons (Fsp3) is 0.353. The van der Waals surface area contributed by atoms with Crippen molar-refractivity contribution in [3.8, 4) is 5.69 Å². The fourth-order valence-electron chi connectivity index (χ4n) is 3.03. The average Bonchev–Trinajstić information content (AvgIpc) is 3.24. The zero-order valence-corrected chi connectivity index (χ0v) is 14.7. The third-order valence-electron chi connectivity index (χ3n) is 4.32. The van der Waals surface area contributed by atoms with Crippen LogP contribution in [0.2, 0.25) is 5.02 Å². The van der Waals surface area contributed by atoms with E-state index in [4.69, 9.17) is 16.3 Å². The summed E-state index contributed by atoms with van der Waals surface area (Å²) in [5.41, 5.74) is 1.12. The molecule has 0 radical (unpaired) electrons. The molecule has 3 rings (SSSR count). The second-order valence-electron chi connectivity index (χ2n) is 6.00. The first-order valence-corrected chi connectivity index (χ1v) is 8.26. The van der Waals surface area contributed by atoms with Crippen LogP contribution in [0.3, 0.4) is 0 Å². The highest BCUT2D eigenvalue weighted by molar-refractivity contribution is 6.33. The topological polar surface area (TPSA) is 76.5 Å². The van der Waals surface area contributed by atoms with E-state index < -0.39 is 0 Å². The summed E-state index contributed by atoms with van der Waals surface area (Å²) < 4.78 is 6.45. The van der Waals surface area contributed by atoms with Gasteiger partial charge in [-0.1, -0.05) is 11.6 Å². The Morgan fingerprint density at radius 1 is 1.40 bits per heavy atom. The zero-order valence-electron chi connectivity index (χ0n) is 14.0. The number of aromatic nitrogens is 2. The van der Waals surface area contributed by atoms with E-state index in [1.165, 1.54) is 7.11 Å². The van der Waals surface area contributed by atoms with Crippen LogP contribution in [0.15, 0.2) is 36.7 Å². The number of hydrogen-bond acceptors (Lipinski definition) is 5. The Balaban J connectivity index is 1.74. The van der Waals surface area contributed by atoms with E-state index in [2.05, 4.69) is 10.4 Å². The molecule has 1 aliphatic heterocycles. The molecule has 0 bridgehead atoms. The highest BCUT2D eigenvalue weighted by Gasteiger charge is 2.36. The van der Waals surface area contributed by atoms with Crippen molar-refractivity contribution in [3.63, 3.8) is 0 Å². The van der Waals surface area contributed by atoms with Crippen LogP contribution >= 0.6 is 11.6 Å². The normalized spacial score (nSPS) is 20.4. The monoisotopic (exact) mass is 362 g/mol. The number of carbonyl (C=O) groups excluding carboxylic acids is 2. The highest BCUT2D eigenvalue weighted by atomic mass is 35.5. The Morgan fingerprint density at radius 3 is 2.88 bits per heavy atom. The maximum Gasteiger partial charge on any atom is 0.323 e. The van der Waals surface area contributed by atoms with Gasteiger partial charge in [0.25, 0.3) is 5.91 Å². The maximum atomic E-state index is 12.6. The van der Waals surface area contributed by atoms with Crippen LogP contribution in [-0.2, 0) is 9.53 Å². The number of likely N-dealkylation sites (tertiary alicyclic amines) is 1. The van der Waals surface area contributed by atoms with E-state index >= 15 is 0 Å². The van der Waals surface area contributed by atoms with Gasteiger partial charge in [-0.05, 0) is 37.7 Å². The third kappa shape index (κ3) is 3.67. The smallest absolute Gasteiger partial charge is 0.323 e. The number of halogens is 1. The minimum absolute atomic E-state index is 0.147. The number of benzene rings is 1. The van der Waals surface area contributed by atoms with Gasteiger partial charge in [0.05, 0.1) is 23.4 Å². The second-order valence-corrected chi connectivity index (χ2v) is 6.41. The van der Waals surface area contributed by atoms with Crippen molar-refractivity contribution in [2.24, 2.45) is 0 Å². The lowest BCUT2D eigenvalue weighted by molar-refractivity contribution is -0.145. The summed E-state index contributed by atoms with van der Waals surface area (Å²) in [5, 5.41) is 7.46. The van der Waals surface area contributed by atoms with E-state index in [0.29, 0.717) is 23.6 Å². The van der Waals surface area contributed by atoms with E-state index in [1.807, 2.05) is 11.9 Å². The van der Waals surface area contributed by atoms with Crippen LogP contribution in [0.4, 0.5) is 0 Å². The van der Waals surface area contributed by atoms with E-state index in [-0.39, 0.29) is 24.0 Å². The fourth-order valence-corrected chi connectivity index (χ4v) is 3.23. The van der Waals surface area contributed by atoms with Gasteiger partial charge in [0, 0.05) is 25.0 Å². The zero-order chi connectivity index (χ0) is 18.0. The summed E-state index contributed by atoms with van der Waals surface area (Å²) in [6.07, 6.45) is 3.96. The van der Waals surface area contributed by atoms with Gasteiger partial charge in [-0.25, -0.2) is 4.68 Å². The molecule has 0 unspecified atom stereocenters. The molecule has 1 amide bonds. The van der Waals surface area contributed by atoms with Crippen LogP contribution in [0.5, 0.6) is 0 Å².